The molecule has 1 fully saturated rings. The van der Waals surface area contributed by atoms with Gasteiger partial charge in [-0.1, -0.05) is 51.0 Å². The number of aryl methyl sites for hydroxylation is 1. The molecule has 2 rings (SSSR count). The molecule has 1 heteroatoms. The zero-order chi connectivity index (χ0) is 13.6. The van der Waals surface area contributed by atoms with Crippen LogP contribution in [0.3, 0.4) is 0 Å². The van der Waals surface area contributed by atoms with Crippen LogP contribution in [0.5, 0.6) is 0 Å². The third-order valence-electron chi connectivity index (χ3n) is 5.12. The van der Waals surface area contributed by atoms with Crippen LogP contribution in [0.4, 0.5) is 0 Å². The molecule has 1 atom stereocenters. The molecule has 0 aromatic heterocycles. The molecule has 1 aromatic rings. The van der Waals surface area contributed by atoms with Crippen molar-refractivity contribution in [3.8, 4) is 0 Å². The van der Waals surface area contributed by atoms with Crippen LogP contribution >= 0.6 is 0 Å². The molecule has 0 amide bonds. The molecule has 18 heavy (non-hydrogen) atoms. The van der Waals surface area contributed by atoms with E-state index in [0.717, 1.165) is 5.56 Å². The fourth-order valence-corrected chi connectivity index (χ4v) is 3.42. The van der Waals surface area contributed by atoms with E-state index in [-0.39, 0.29) is 16.6 Å². The molecule has 0 unspecified atom stereocenters. The molecule has 0 radical (unpaired) electrons. The van der Waals surface area contributed by atoms with Gasteiger partial charge >= 0.3 is 0 Å². The van der Waals surface area contributed by atoms with E-state index in [0.29, 0.717) is 0 Å². The summed E-state index contributed by atoms with van der Waals surface area (Å²) < 4.78 is 0. The number of ketones is 1. The van der Waals surface area contributed by atoms with Gasteiger partial charge in [0.1, 0.15) is 0 Å². The summed E-state index contributed by atoms with van der Waals surface area (Å²) in [6.07, 6.45) is 3.69. The van der Waals surface area contributed by atoms with Crippen LogP contribution in [0.1, 0.15) is 68.4 Å². The van der Waals surface area contributed by atoms with Crippen molar-refractivity contribution in [2.45, 2.75) is 59.3 Å². The van der Waals surface area contributed by atoms with Gasteiger partial charge in [0, 0.05) is 5.56 Å². The second-order valence-electron chi connectivity index (χ2n) is 6.67. The predicted molar refractivity (Wildman–Crippen MR) is 76.2 cm³/mol. The number of carbonyl (C=O) groups excluding carboxylic acids is 1. The van der Waals surface area contributed by atoms with Crippen molar-refractivity contribution in [1.29, 1.82) is 0 Å². The lowest BCUT2D eigenvalue weighted by Gasteiger charge is -2.40. The Kier molecular flexibility index (Phi) is 3.12. The van der Waals surface area contributed by atoms with E-state index in [1.165, 1.54) is 30.4 Å². The van der Waals surface area contributed by atoms with Gasteiger partial charge in [-0.05, 0) is 43.1 Å². The standard InChI is InChI=1S/C17H24O/c1-12-7-8-14(13(2)18)15(11-12)17(5)10-6-9-16(17,3)4/h7-8,11H,6,9-10H2,1-5H3/t17-/m0/s1. The number of benzene rings is 1. The average Bonchev–Trinajstić information content (AvgIpc) is 2.54. The highest BCUT2D eigenvalue weighted by Crippen LogP contribution is 2.54. The highest BCUT2D eigenvalue weighted by atomic mass is 16.1. The van der Waals surface area contributed by atoms with Gasteiger partial charge in [0.05, 0.1) is 0 Å². The van der Waals surface area contributed by atoms with Gasteiger partial charge in [0.2, 0.25) is 0 Å². The fourth-order valence-electron chi connectivity index (χ4n) is 3.42. The Morgan fingerprint density at radius 1 is 1.17 bits per heavy atom. The van der Waals surface area contributed by atoms with Gasteiger partial charge in [-0.2, -0.15) is 0 Å². The zero-order valence-electron chi connectivity index (χ0n) is 12.3. The minimum atomic E-state index is 0.125. The smallest absolute Gasteiger partial charge is 0.160 e. The number of carbonyl (C=O) groups is 1. The summed E-state index contributed by atoms with van der Waals surface area (Å²) >= 11 is 0. The normalized spacial score (nSPS) is 26.3. The van der Waals surface area contributed by atoms with E-state index in [2.05, 4.69) is 33.8 Å². The van der Waals surface area contributed by atoms with Gasteiger partial charge in [-0.15, -0.1) is 0 Å². The van der Waals surface area contributed by atoms with Crippen molar-refractivity contribution in [3.63, 3.8) is 0 Å². The van der Waals surface area contributed by atoms with E-state index >= 15 is 0 Å². The third-order valence-corrected chi connectivity index (χ3v) is 5.12. The first-order valence-corrected chi connectivity index (χ1v) is 6.90. The molecule has 0 aliphatic heterocycles. The van der Waals surface area contributed by atoms with Crippen LogP contribution in [0.15, 0.2) is 18.2 Å². The second-order valence-corrected chi connectivity index (χ2v) is 6.67. The molecule has 0 bridgehead atoms. The largest absolute Gasteiger partial charge is 0.295 e. The Morgan fingerprint density at radius 2 is 1.83 bits per heavy atom. The van der Waals surface area contributed by atoms with Gasteiger partial charge in [-0.25, -0.2) is 0 Å². The van der Waals surface area contributed by atoms with Crippen molar-refractivity contribution >= 4 is 5.78 Å². The summed E-state index contributed by atoms with van der Waals surface area (Å²) in [5.74, 6) is 0.189. The average molecular weight is 244 g/mol. The first-order valence-electron chi connectivity index (χ1n) is 6.90. The molecule has 98 valence electrons. The van der Waals surface area contributed by atoms with Crippen molar-refractivity contribution in [2.24, 2.45) is 5.41 Å². The summed E-state index contributed by atoms with van der Waals surface area (Å²) in [6.45, 7) is 10.8. The van der Waals surface area contributed by atoms with Crippen molar-refractivity contribution in [1.82, 2.24) is 0 Å². The molecule has 0 saturated heterocycles. The van der Waals surface area contributed by atoms with Gasteiger partial charge < -0.3 is 0 Å². The molecule has 0 spiro atoms. The zero-order valence-corrected chi connectivity index (χ0v) is 12.3. The molecule has 1 aliphatic carbocycles. The van der Waals surface area contributed by atoms with Crippen molar-refractivity contribution in [2.75, 3.05) is 0 Å². The minimum Gasteiger partial charge on any atom is -0.295 e. The molecule has 1 nitrogen and oxygen atoms in total. The highest BCUT2D eigenvalue weighted by molar-refractivity contribution is 5.96. The van der Waals surface area contributed by atoms with E-state index in [1.54, 1.807) is 6.92 Å². The lowest BCUT2D eigenvalue weighted by molar-refractivity contribution is 0.101. The number of hydrogen-bond acceptors (Lipinski definition) is 1. The Bertz CT molecular complexity index is 484. The lowest BCUT2D eigenvalue weighted by atomic mass is 9.64. The first kappa shape index (κ1) is 13.3. The van der Waals surface area contributed by atoms with Crippen molar-refractivity contribution in [3.05, 3.63) is 34.9 Å². The van der Waals surface area contributed by atoms with Crippen LogP contribution in [0.2, 0.25) is 0 Å². The summed E-state index contributed by atoms with van der Waals surface area (Å²) in [6, 6.07) is 6.28. The van der Waals surface area contributed by atoms with E-state index in [4.69, 9.17) is 0 Å². The van der Waals surface area contributed by atoms with Crippen molar-refractivity contribution < 1.29 is 4.79 Å². The molecular formula is C17H24O. The molecule has 0 N–H and O–H groups in total. The first-order chi connectivity index (χ1) is 8.28. The summed E-state index contributed by atoms with van der Waals surface area (Å²) in [5, 5.41) is 0. The molecular weight excluding hydrogens is 220 g/mol. The van der Waals surface area contributed by atoms with Crippen LogP contribution in [-0.4, -0.2) is 5.78 Å². The van der Waals surface area contributed by atoms with E-state index in [1.807, 2.05) is 12.1 Å². The number of rotatable bonds is 2. The minimum absolute atomic E-state index is 0.125. The number of Topliss-reactive ketones (excluding diaryl/α,β-unsaturated/α-hetero) is 1. The maximum atomic E-state index is 11.9. The van der Waals surface area contributed by atoms with Crippen LogP contribution in [0.25, 0.3) is 0 Å². The maximum absolute atomic E-state index is 11.9. The lowest BCUT2D eigenvalue weighted by Crippen LogP contribution is -2.35. The van der Waals surface area contributed by atoms with E-state index in [9.17, 15) is 4.79 Å². The molecule has 1 saturated carbocycles. The highest BCUT2D eigenvalue weighted by Gasteiger charge is 2.47. The Balaban J connectivity index is 2.63. The van der Waals surface area contributed by atoms with Gasteiger partial charge in [-0.3, -0.25) is 4.79 Å². The maximum Gasteiger partial charge on any atom is 0.160 e. The Hall–Kier alpha value is -1.11. The van der Waals surface area contributed by atoms with Gasteiger partial charge in [0.15, 0.2) is 5.78 Å². The Morgan fingerprint density at radius 3 is 2.33 bits per heavy atom. The van der Waals surface area contributed by atoms with Crippen LogP contribution in [-0.2, 0) is 5.41 Å². The quantitative estimate of drug-likeness (QED) is 0.691. The summed E-state index contributed by atoms with van der Waals surface area (Å²) in [5.41, 5.74) is 3.82. The molecule has 1 aromatic carbocycles. The second kappa shape index (κ2) is 4.22. The Labute approximate surface area is 111 Å². The predicted octanol–water partition coefficient (Wildman–Crippen LogP) is 4.67. The SMILES string of the molecule is CC(=O)c1ccc(C)cc1[C@]1(C)CCCC1(C)C. The molecule has 1 aliphatic rings. The fraction of sp³-hybridized carbons (Fsp3) is 0.588. The monoisotopic (exact) mass is 244 g/mol. The summed E-state index contributed by atoms with van der Waals surface area (Å²) in [7, 11) is 0. The third kappa shape index (κ3) is 1.90. The summed E-state index contributed by atoms with van der Waals surface area (Å²) in [4.78, 5) is 11.9. The van der Waals surface area contributed by atoms with E-state index < -0.39 is 0 Å². The topological polar surface area (TPSA) is 17.1 Å². The van der Waals surface area contributed by atoms with Gasteiger partial charge in [0.25, 0.3) is 0 Å². The van der Waals surface area contributed by atoms with Crippen LogP contribution in [0, 0.1) is 12.3 Å². The number of hydrogen-bond donors (Lipinski definition) is 0. The van der Waals surface area contributed by atoms with Crippen LogP contribution < -0.4 is 0 Å². The molecule has 0 heterocycles.